The highest BCUT2D eigenvalue weighted by Gasteiger charge is 2.36. The van der Waals surface area contributed by atoms with Gasteiger partial charge >= 0.3 is 5.97 Å². The molecule has 0 spiro atoms. The average molecular weight is 533 g/mol. The molecule has 1 fully saturated rings. The summed E-state index contributed by atoms with van der Waals surface area (Å²) < 4.78 is 16.8. The predicted molar refractivity (Wildman–Crippen MR) is 130 cm³/mol. The summed E-state index contributed by atoms with van der Waals surface area (Å²) in [6.45, 7) is 1.48. The molecule has 1 saturated heterocycles. The van der Waals surface area contributed by atoms with Crippen LogP contribution in [0, 0.1) is 0 Å². The zero-order valence-electron chi connectivity index (χ0n) is 19.1. The third-order valence-corrected chi connectivity index (χ3v) is 5.88. The van der Waals surface area contributed by atoms with Crippen LogP contribution in [0.3, 0.4) is 0 Å². The Morgan fingerprint density at radius 3 is 2.68 bits per heavy atom. The van der Waals surface area contributed by atoms with E-state index in [2.05, 4.69) is 21.2 Å². The molecule has 0 bridgehead atoms. The Hall–Kier alpha value is -2.91. The molecule has 0 radical (unpaired) electrons. The van der Waals surface area contributed by atoms with Crippen LogP contribution in [0.15, 0.2) is 53.0 Å². The number of esters is 1. The Kier molecular flexibility index (Phi) is 9.90. The summed E-state index contributed by atoms with van der Waals surface area (Å²) in [4.78, 5) is 39.9. The van der Waals surface area contributed by atoms with E-state index in [1.807, 2.05) is 30.3 Å². The first-order valence-corrected chi connectivity index (χ1v) is 12.0. The van der Waals surface area contributed by atoms with E-state index in [9.17, 15) is 14.4 Å². The highest BCUT2D eigenvalue weighted by molar-refractivity contribution is 9.10. The van der Waals surface area contributed by atoms with E-state index in [0.29, 0.717) is 35.4 Å². The summed E-state index contributed by atoms with van der Waals surface area (Å²) in [5.74, 6) is -0.889. The molecular formula is C25H29BrN2O6. The number of benzene rings is 2. The van der Waals surface area contributed by atoms with Crippen molar-refractivity contribution in [3.63, 3.8) is 0 Å². The van der Waals surface area contributed by atoms with E-state index >= 15 is 0 Å². The number of piperazine rings is 1. The lowest BCUT2D eigenvalue weighted by Gasteiger charge is -2.35. The number of halogens is 1. The highest BCUT2D eigenvalue weighted by Crippen LogP contribution is 2.26. The summed E-state index contributed by atoms with van der Waals surface area (Å²) in [7, 11) is 1.56. The molecule has 1 N–H and O–H groups in total. The molecule has 1 unspecified atom stereocenters. The quantitative estimate of drug-likeness (QED) is 0.353. The van der Waals surface area contributed by atoms with E-state index in [0.717, 1.165) is 6.42 Å². The van der Waals surface area contributed by atoms with Gasteiger partial charge in [0.15, 0.2) is 0 Å². The standard InChI is InChI=1S/C25H29BrN2O6/c1-32-14-15-33-22-10-9-19(26)16-20(22)25(31)28-12-11-27-24(30)21(28)17-23(29)34-13-5-8-18-6-3-2-4-7-18/h2-4,6-7,9-10,16,21H,5,8,11-15,17H2,1H3,(H,27,30). The van der Waals surface area contributed by atoms with Gasteiger partial charge in [-0.25, -0.2) is 0 Å². The number of carbonyl (C=O) groups is 3. The van der Waals surface area contributed by atoms with E-state index in [4.69, 9.17) is 14.2 Å². The molecule has 2 amide bonds. The molecule has 1 aliphatic heterocycles. The fraction of sp³-hybridized carbons (Fsp3) is 0.400. The maximum atomic E-state index is 13.4. The molecule has 8 nitrogen and oxygen atoms in total. The van der Waals surface area contributed by atoms with Gasteiger partial charge in [0.05, 0.1) is 25.2 Å². The van der Waals surface area contributed by atoms with Crippen LogP contribution in [0.4, 0.5) is 0 Å². The largest absolute Gasteiger partial charge is 0.490 e. The summed E-state index contributed by atoms with van der Waals surface area (Å²) in [5.41, 5.74) is 1.47. The number of rotatable bonds is 11. The van der Waals surface area contributed by atoms with Gasteiger partial charge in [0, 0.05) is 24.7 Å². The molecule has 34 heavy (non-hydrogen) atoms. The van der Waals surface area contributed by atoms with Crippen LogP contribution in [-0.2, 0) is 25.5 Å². The van der Waals surface area contributed by atoms with Gasteiger partial charge in [0.25, 0.3) is 5.91 Å². The summed E-state index contributed by atoms with van der Waals surface area (Å²) >= 11 is 3.39. The lowest BCUT2D eigenvalue weighted by atomic mass is 10.1. The van der Waals surface area contributed by atoms with Crippen molar-refractivity contribution in [2.75, 3.05) is 40.0 Å². The second-order valence-electron chi connectivity index (χ2n) is 7.80. The summed E-state index contributed by atoms with van der Waals surface area (Å²) in [5, 5.41) is 2.73. The second kappa shape index (κ2) is 13.1. The zero-order chi connectivity index (χ0) is 24.3. The van der Waals surface area contributed by atoms with E-state index < -0.39 is 12.0 Å². The Labute approximate surface area is 207 Å². The summed E-state index contributed by atoms with van der Waals surface area (Å²) in [6.07, 6.45) is 1.25. The number of nitrogens with zero attached hydrogens (tertiary/aromatic N) is 1. The Balaban J connectivity index is 1.63. The van der Waals surface area contributed by atoms with Crippen molar-refractivity contribution in [2.45, 2.75) is 25.3 Å². The molecule has 3 rings (SSSR count). The highest BCUT2D eigenvalue weighted by atomic mass is 79.9. The number of nitrogens with one attached hydrogen (secondary N) is 1. The zero-order valence-corrected chi connectivity index (χ0v) is 20.7. The van der Waals surface area contributed by atoms with Gasteiger partial charge < -0.3 is 24.4 Å². The molecule has 182 valence electrons. The Bertz CT molecular complexity index is 985. The van der Waals surface area contributed by atoms with Gasteiger partial charge in [0.2, 0.25) is 5.91 Å². The third-order valence-electron chi connectivity index (χ3n) is 5.38. The number of aryl methyl sites for hydroxylation is 1. The van der Waals surface area contributed by atoms with E-state index in [1.165, 1.54) is 10.5 Å². The van der Waals surface area contributed by atoms with Gasteiger partial charge in [-0.15, -0.1) is 0 Å². The SMILES string of the molecule is COCCOc1ccc(Br)cc1C(=O)N1CCNC(=O)C1CC(=O)OCCCc1ccccc1. The van der Waals surface area contributed by atoms with Crippen LogP contribution in [0.2, 0.25) is 0 Å². The van der Waals surface area contributed by atoms with Crippen LogP contribution < -0.4 is 10.1 Å². The smallest absolute Gasteiger partial charge is 0.308 e. The fourth-order valence-electron chi connectivity index (χ4n) is 3.67. The van der Waals surface area contributed by atoms with Crippen molar-refractivity contribution in [1.82, 2.24) is 10.2 Å². The van der Waals surface area contributed by atoms with Crippen LogP contribution in [0.1, 0.15) is 28.8 Å². The van der Waals surface area contributed by atoms with Crippen molar-refractivity contribution in [2.24, 2.45) is 0 Å². The molecule has 2 aromatic carbocycles. The van der Waals surface area contributed by atoms with Crippen molar-refractivity contribution in [3.8, 4) is 5.75 Å². The second-order valence-corrected chi connectivity index (χ2v) is 8.72. The van der Waals surface area contributed by atoms with E-state index in [1.54, 1.807) is 25.3 Å². The van der Waals surface area contributed by atoms with Crippen LogP contribution >= 0.6 is 15.9 Å². The topological polar surface area (TPSA) is 94.2 Å². The molecule has 0 saturated carbocycles. The number of amides is 2. The Morgan fingerprint density at radius 1 is 1.12 bits per heavy atom. The van der Waals surface area contributed by atoms with Crippen molar-refractivity contribution in [1.29, 1.82) is 0 Å². The lowest BCUT2D eigenvalue weighted by molar-refractivity contribution is -0.147. The average Bonchev–Trinajstić information content (AvgIpc) is 2.84. The first kappa shape index (κ1) is 25.7. The number of methoxy groups -OCH3 is 1. The summed E-state index contributed by atoms with van der Waals surface area (Å²) in [6, 6.07) is 14.1. The molecule has 0 aromatic heterocycles. The monoisotopic (exact) mass is 532 g/mol. The van der Waals surface area contributed by atoms with Crippen molar-refractivity contribution < 1.29 is 28.6 Å². The van der Waals surface area contributed by atoms with Crippen LogP contribution in [0.25, 0.3) is 0 Å². The normalized spacial score (nSPS) is 15.5. The fourth-order valence-corrected chi connectivity index (χ4v) is 4.03. The molecule has 1 atom stereocenters. The van der Waals surface area contributed by atoms with Gasteiger partial charge in [0.1, 0.15) is 18.4 Å². The third kappa shape index (κ3) is 7.30. The molecule has 1 aliphatic rings. The predicted octanol–water partition coefficient (Wildman–Crippen LogP) is 2.98. The molecule has 9 heteroatoms. The van der Waals surface area contributed by atoms with Gasteiger partial charge in [-0.2, -0.15) is 0 Å². The van der Waals surface area contributed by atoms with Gasteiger partial charge in [-0.3, -0.25) is 14.4 Å². The maximum Gasteiger partial charge on any atom is 0.308 e. The molecular weight excluding hydrogens is 504 g/mol. The van der Waals surface area contributed by atoms with Gasteiger partial charge in [-0.05, 0) is 36.6 Å². The Morgan fingerprint density at radius 2 is 1.91 bits per heavy atom. The van der Waals surface area contributed by atoms with Crippen LogP contribution in [0.5, 0.6) is 5.75 Å². The number of carbonyl (C=O) groups excluding carboxylic acids is 3. The number of hydrogen-bond acceptors (Lipinski definition) is 6. The minimum atomic E-state index is -0.950. The molecule has 2 aromatic rings. The first-order valence-electron chi connectivity index (χ1n) is 11.2. The molecule has 1 heterocycles. The van der Waals surface area contributed by atoms with Crippen molar-refractivity contribution in [3.05, 3.63) is 64.1 Å². The minimum absolute atomic E-state index is 0.212. The first-order chi connectivity index (χ1) is 16.5. The lowest BCUT2D eigenvalue weighted by Crippen LogP contribution is -2.57. The number of hydrogen-bond donors (Lipinski definition) is 1. The van der Waals surface area contributed by atoms with Gasteiger partial charge in [-0.1, -0.05) is 46.3 Å². The maximum absolute atomic E-state index is 13.4. The van der Waals surface area contributed by atoms with E-state index in [-0.39, 0.29) is 38.0 Å². The minimum Gasteiger partial charge on any atom is -0.490 e. The molecule has 0 aliphatic carbocycles. The number of ether oxygens (including phenoxy) is 3. The van der Waals surface area contributed by atoms with Crippen molar-refractivity contribution >= 4 is 33.7 Å². The van der Waals surface area contributed by atoms with Crippen LogP contribution in [-0.4, -0.2) is 68.7 Å².